The van der Waals surface area contributed by atoms with E-state index in [9.17, 15) is 18.4 Å². The second-order valence-electron chi connectivity index (χ2n) is 5.95. The summed E-state index contributed by atoms with van der Waals surface area (Å²) in [6.07, 6.45) is 0. The lowest BCUT2D eigenvalue weighted by Crippen LogP contribution is -2.25. The monoisotopic (exact) mass is 468 g/mol. The molecule has 0 fully saturated rings. The van der Waals surface area contributed by atoms with Crippen LogP contribution in [0.5, 0.6) is 5.88 Å². The van der Waals surface area contributed by atoms with E-state index in [-0.39, 0.29) is 34.8 Å². The zero-order valence-electron chi connectivity index (χ0n) is 15.4. The van der Waals surface area contributed by atoms with Gasteiger partial charge in [0.2, 0.25) is 11.6 Å². The van der Waals surface area contributed by atoms with Gasteiger partial charge in [0.1, 0.15) is 34.3 Å². The Kier molecular flexibility index (Phi) is 6.12. The minimum absolute atomic E-state index is 0.0153. The lowest BCUT2D eigenvalue weighted by molar-refractivity contribution is 0.0563. The highest BCUT2D eigenvalue weighted by molar-refractivity contribution is 9.10. The third-order valence-corrected chi connectivity index (χ3v) is 4.69. The molecule has 29 heavy (non-hydrogen) atoms. The number of benzene rings is 1. The molecule has 0 saturated heterocycles. The summed E-state index contributed by atoms with van der Waals surface area (Å²) >= 11 is 3.14. The maximum Gasteiger partial charge on any atom is 0.373 e. The zero-order chi connectivity index (χ0) is 21.1. The molecule has 0 amide bonds. The second-order valence-corrected chi connectivity index (χ2v) is 6.74. The van der Waals surface area contributed by atoms with E-state index in [1.54, 1.807) is 13.0 Å². The fourth-order valence-electron chi connectivity index (χ4n) is 2.51. The van der Waals surface area contributed by atoms with Gasteiger partial charge in [0.05, 0.1) is 13.7 Å². The van der Waals surface area contributed by atoms with Crippen molar-refractivity contribution in [1.82, 2.24) is 9.55 Å². The van der Waals surface area contributed by atoms with Crippen molar-refractivity contribution in [3.63, 3.8) is 0 Å². The Morgan fingerprint density at radius 2 is 2.03 bits per heavy atom. The molecule has 0 aliphatic carbocycles. The van der Waals surface area contributed by atoms with E-state index in [0.29, 0.717) is 11.6 Å². The SMILES string of the molecule is COC(=O)c1ccc(Cn2c(C)nc(OCc3ccc(F)cc3F)c(Br)c2=O)o1. The number of halogens is 3. The summed E-state index contributed by atoms with van der Waals surface area (Å²) in [7, 11) is 1.23. The van der Waals surface area contributed by atoms with E-state index in [0.717, 1.165) is 12.1 Å². The fourth-order valence-corrected chi connectivity index (χ4v) is 2.93. The Morgan fingerprint density at radius 3 is 2.72 bits per heavy atom. The highest BCUT2D eigenvalue weighted by atomic mass is 79.9. The summed E-state index contributed by atoms with van der Waals surface area (Å²) in [6.45, 7) is 1.38. The van der Waals surface area contributed by atoms with E-state index in [1.165, 1.54) is 23.8 Å². The number of ether oxygens (including phenoxy) is 2. The average Bonchev–Trinajstić information content (AvgIpc) is 3.16. The molecule has 1 aromatic carbocycles. The standard InChI is InChI=1S/C19H15BrF2N2O5/c1-10-23-17(28-9-11-3-4-12(21)7-14(11)22)16(20)18(25)24(10)8-13-5-6-15(29-13)19(26)27-2/h3-7H,8-9H2,1-2H3. The van der Waals surface area contributed by atoms with Gasteiger partial charge in [-0.3, -0.25) is 9.36 Å². The predicted molar refractivity (Wildman–Crippen MR) is 101 cm³/mol. The topological polar surface area (TPSA) is 83.6 Å². The van der Waals surface area contributed by atoms with Crippen LogP contribution in [0.15, 0.2) is 44.0 Å². The number of hydrogen-bond donors (Lipinski definition) is 0. The number of carbonyl (C=O) groups excluding carboxylic acids is 1. The Morgan fingerprint density at radius 1 is 1.28 bits per heavy atom. The van der Waals surface area contributed by atoms with Crippen LogP contribution in [0.4, 0.5) is 8.78 Å². The molecule has 2 aromatic heterocycles. The summed E-state index contributed by atoms with van der Waals surface area (Å²) in [5.74, 6) is -1.43. The van der Waals surface area contributed by atoms with Crippen LogP contribution in [-0.4, -0.2) is 22.6 Å². The average molecular weight is 469 g/mol. The Bertz CT molecular complexity index is 1130. The lowest BCUT2D eigenvalue weighted by atomic mass is 10.2. The van der Waals surface area contributed by atoms with Gasteiger partial charge in [-0.1, -0.05) is 0 Å². The first kappa shape index (κ1) is 20.7. The van der Waals surface area contributed by atoms with Crippen LogP contribution in [0.1, 0.15) is 27.7 Å². The highest BCUT2D eigenvalue weighted by Gasteiger charge is 2.17. The number of hydrogen-bond acceptors (Lipinski definition) is 6. The summed E-state index contributed by atoms with van der Waals surface area (Å²) in [5, 5.41) is 0. The number of methoxy groups -OCH3 is 1. The van der Waals surface area contributed by atoms with Gasteiger partial charge in [0.25, 0.3) is 5.56 Å². The molecule has 0 saturated carbocycles. The van der Waals surface area contributed by atoms with Crippen LogP contribution in [0.3, 0.4) is 0 Å². The Balaban J connectivity index is 1.81. The lowest BCUT2D eigenvalue weighted by Gasteiger charge is -2.13. The van der Waals surface area contributed by atoms with Gasteiger partial charge in [-0.25, -0.2) is 13.6 Å². The smallest absolute Gasteiger partial charge is 0.373 e. The maximum absolute atomic E-state index is 13.7. The van der Waals surface area contributed by atoms with Gasteiger partial charge in [0, 0.05) is 11.6 Å². The quantitative estimate of drug-likeness (QED) is 0.514. The Hall–Kier alpha value is -3.01. The molecule has 7 nitrogen and oxygen atoms in total. The number of aromatic nitrogens is 2. The molecule has 0 N–H and O–H groups in total. The van der Waals surface area contributed by atoms with Gasteiger partial charge in [-0.2, -0.15) is 4.98 Å². The second kappa shape index (κ2) is 8.56. The largest absolute Gasteiger partial charge is 0.472 e. The Labute approximate surface area is 172 Å². The summed E-state index contributed by atoms with van der Waals surface area (Å²) in [5.41, 5.74) is -0.337. The first-order valence-corrected chi connectivity index (χ1v) is 9.10. The van der Waals surface area contributed by atoms with Crippen molar-refractivity contribution in [3.8, 4) is 5.88 Å². The molecule has 0 radical (unpaired) electrons. The van der Waals surface area contributed by atoms with Crippen molar-refractivity contribution in [3.05, 3.63) is 79.7 Å². The molecule has 152 valence electrons. The molecule has 10 heteroatoms. The van der Waals surface area contributed by atoms with Crippen LogP contribution in [0, 0.1) is 18.6 Å². The van der Waals surface area contributed by atoms with E-state index in [4.69, 9.17) is 9.15 Å². The minimum atomic E-state index is -0.759. The third-order valence-electron chi connectivity index (χ3n) is 4.02. The normalized spacial score (nSPS) is 10.8. The van der Waals surface area contributed by atoms with Gasteiger partial charge >= 0.3 is 5.97 Å². The summed E-state index contributed by atoms with van der Waals surface area (Å²) < 4.78 is 43.5. The molecule has 2 heterocycles. The minimum Gasteiger partial charge on any atom is -0.472 e. The third kappa shape index (κ3) is 4.53. The molecule has 0 spiro atoms. The first-order chi connectivity index (χ1) is 13.8. The number of nitrogens with zero attached hydrogens (tertiary/aromatic N) is 2. The number of carbonyl (C=O) groups is 1. The maximum atomic E-state index is 13.7. The summed E-state index contributed by atoms with van der Waals surface area (Å²) in [6, 6.07) is 6.10. The predicted octanol–water partition coefficient (Wildman–Crippen LogP) is 3.60. The van der Waals surface area contributed by atoms with E-state index in [2.05, 4.69) is 25.7 Å². The van der Waals surface area contributed by atoms with Gasteiger partial charge < -0.3 is 13.9 Å². The van der Waals surface area contributed by atoms with Crippen molar-refractivity contribution in [2.75, 3.05) is 7.11 Å². The van der Waals surface area contributed by atoms with Crippen LogP contribution in [-0.2, 0) is 17.9 Å². The number of furan rings is 1. The van der Waals surface area contributed by atoms with Crippen molar-refractivity contribution in [1.29, 1.82) is 0 Å². The molecule has 0 bridgehead atoms. The molecule has 0 aliphatic rings. The molecule has 3 aromatic rings. The molecule has 0 unspecified atom stereocenters. The van der Waals surface area contributed by atoms with Crippen molar-refractivity contribution in [2.24, 2.45) is 0 Å². The molecule has 0 atom stereocenters. The fraction of sp³-hybridized carbons (Fsp3) is 0.211. The van der Waals surface area contributed by atoms with Crippen molar-refractivity contribution < 1.29 is 27.5 Å². The highest BCUT2D eigenvalue weighted by Crippen LogP contribution is 2.21. The van der Waals surface area contributed by atoms with Gasteiger partial charge in [-0.05, 0) is 47.1 Å². The van der Waals surface area contributed by atoms with Gasteiger partial charge in [-0.15, -0.1) is 0 Å². The molecule has 0 aliphatic heterocycles. The van der Waals surface area contributed by atoms with Crippen molar-refractivity contribution in [2.45, 2.75) is 20.1 Å². The van der Waals surface area contributed by atoms with E-state index >= 15 is 0 Å². The molecular formula is C19H15BrF2N2O5. The molecule has 3 rings (SSSR count). The van der Waals surface area contributed by atoms with Crippen molar-refractivity contribution >= 4 is 21.9 Å². The number of rotatable bonds is 6. The van der Waals surface area contributed by atoms with Crippen LogP contribution in [0.2, 0.25) is 0 Å². The van der Waals surface area contributed by atoms with Crippen LogP contribution >= 0.6 is 15.9 Å². The van der Waals surface area contributed by atoms with Crippen LogP contribution in [0.25, 0.3) is 0 Å². The number of aryl methyl sites for hydroxylation is 1. The number of esters is 1. The van der Waals surface area contributed by atoms with Gasteiger partial charge in [0.15, 0.2) is 0 Å². The molecular weight excluding hydrogens is 454 g/mol. The van der Waals surface area contributed by atoms with Crippen LogP contribution < -0.4 is 10.3 Å². The first-order valence-electron chi connectivity index (χ1n) is 8.31. The zero-order valence-corrected chi connectivity index (χ0v) is 17.0. The van der Waals surface area contributed by atoms with E-state index in [1.807, 2.05) is 0 Å². The summed E-state index contributed by atoms with van der Waals surface area (Å²) in [4.78, 5) is 28.4. The van der Waals surface area contributed by atoms with E-state index < -0.39 is 23.2 Å².